The zero-order valence-corrected chi connectivity index (χ0v) is 9.05. The molecule has 1 heterocycles. The summed E-state index contributed by atoms with van der Waals surface area (Å²) in [6, 6.07) is 0.173. The van der Waals surface area contributed by atoms with Gasteiger partial charge >= 0.3 is 0 Å². The molecular weight excluding hydrogens is 188 g/mol. The van der Waals surface area contributed by atoms with Crippen molar-refractivity contribution >= 4 is 10.0 Å². The molecule has 0 aliphatic carbocycles. The Hall–Kier alpha value is -0.130. The number of sulfonamides is 1. The first-order valence-corrected chi connectivity index (χ1v) is 6.52. The molecular formula is C8H18N2O2S. The number of nitrogens with zero attached hydrogens (tertiary/aromatic N) is 1. The SMILES string of the molecule is CCC1CCC(N)CN1S(C)(=O)=O. The molecule has 0 aromatic rings. The van der Waals surface area contributed by atoms with Gasteiger partial charge in [-0.2, -0.15) is 4.31 Å². The van der Waals surface area contributed by atoms with Gasteiger partial charge in [0, 0.05) is 18.6 Å². The third-order valence-electron chi connectivity index (χ3n) is 2.59. The standard InChI is InChI=1S/C8H18N2O2S/c1-3-8-5-4-7(9)6-10(8)13(2,11)12/h7-8H,3-6,9H2,1-2H3. The largest absolute Gasteiger partial charge is 0.327 e. The van der Waals surface area contributed by atoms with E-state index >= 15 is 0 Å². The molecule has 0 bridgehead atoms. The minimum absolute atomic E-state index is 0.0116. The summed E-state index contributed by atoms with van der Waals surface area (Å²) in [5.41, 5.74) is 5.73. The summed E-state index contributed by atoms with van der Waals surface area (Å²) in [5.74, 6) is 0. The predicted molar refractivity (Wildman–Crippen MR) is 52.8 cm³/mol. The molecule has 1 saturated heterocycles. The van der Waals surface area contributed by atoms with Crippen LogP contribution in [0.5, 0.6) is 0 Å². The van der Waals surface area contributed by atoms with E-state index < -0.39 is 10.0 Å². The van der Waals surface area contributed by atoms with Gasteiger partial charge in [0.1, 0.15) is 0 Å². The molecule has 13 heavy (non-hydrogen) atoms. The summed E-state index contributed by atoms with van der Waals surface area (Å²) < 4.78 is 24.3. The van der Waals surface area contributed by atoms with Gasteiger partial charge in [0.2, 0.25) is 10.0 Å². The van der Waals surface area contributed by atoms with Crippen LogP contribution in [0.3, 0.4) is 0 Å². The van der Waals surface area contributed by atoms with E-state index in [4.69, 9.17) is 5.73 Å². The summed E-state index contributed by atoms with van der Waals surface area (Å²) in [4.78, 5) is 0. The highest BCUT2D eigenvalue weighted by Gasteiger charge is 2.31. The second-order valence-electron chi connectivity index (χ2n) is 3.73. The lowest BCUT2D eigenvalue weighted by molar-refractivity contribution is 0.227. The van der Waals surface area contributed by atoms with Gasteiger partial charge in [-0.05, 0) is 19.3 Å². The predicted octanol–water partition coefficient (Wildman–Crippen LogP) is 0.148. The van der Waals surface area contributed by atoms with Crippen molar-refractivity contribution in [2.24, 2.45) is 5.73 Å². The summed E-state index contributed by atoms with van der Waals surface area (Å²) in [7, 11) is -3.07. The van der Waals surface area contributed by atoms with Crippen LogP contribution >= 0.6 is 0 Å². The van der Waals surface area contributed by atoms with Gasteiger partial charge in [-0.3, -0.25) is 0 Å². The van der Waals surface area contributed by atoms with Crippen LogP contribution in [0.25, 0.3) is 0 Å². The fraction of sp³-hybridized carbons (Fsp3) is 1.00. The van der Waals surface area contributed by atoms with Crippen LogP contribution in [0.4, 0.5) is 0 Å². The highest BCUT2D eigenvalue weighted by molar-refractivity contribution is 7.88. The minimum Gasteiger partial charge on any atom is -0.327 e. The van der Waals surface area contributed by atoms with Gasteiger partial charge in [0.05, 0.1) is 6.26 Å². The molecule has 0 saturated carbocycles. The van der Waals surface area contributed by atoms with Gasteiger partial charge in [-0.1, -0.05) is 6.92 Å². The summed E-state index contributed by atoms with van der Waals surface area (Å²) in [6.45, 7) is 2.50. The van der Waals surface area contributed by atoms with Crippen LogP contribution in [0.15, 0.2) is 0 Å². The Morgan fingerprint density at radius 2 is 2.08 bits per heavy atom. The van der Waals surface area contributed by atoms with Crippen LogP contribution in [0.2, 0.25) is 0 Å². The molecule has 0 amide bonds. The molecule has 0 aromatic heterocycles. The molecule has 1 aliphatic rings. The van der Waals surface area contributed by atoms with E-state index in [2.05, 4.69) is 0 Å². The molecule has 2 unspecified atom stereocenters. The Balaban J connectivity index is 2.77. The molecule has 1 aliphatic heterocycles. The lowest BCUT2D eigenvalue weighted by Crippen LogP contribution is -2.50. The average Bonchev–Trinajstić information content (AvgIpc) is 2.03. The van der Waals surface area contributed by atoms with Crippen molar-refractivity contribution in [2.45, 2.75) is 38.3 Å². The van der Waals surface area contributed by atoms with Gasteiger partial charge in [-0.15, -0.1) is 0 Å². The number of rotatable bonds is 2. The second kappa shape index (κ2) is 3.94. The maximum Gasteiger partial charge on any atom is 0.211 e. The van der Waals surface area contributed by atoms with Crippen molar-refractivity contribution in [3.63, 3.8) is 0 Å². The maximum absolute atomic E-state index is 11.4. The molecule has 5 heteroatoms. The fourth-order valence-corrected chi connectivity index (χ4v) is 3.09. The van der Waals surface area contributed by atoms with Crippen LogP contribution in [0.1, 0.15) is 26.2 Å². The number of hydrogen-bond acceptors (Lipinski definition) is 3. The zero-order valence-electron chi connectivity index (χ0n) is 8.23. The summed E-state index contributed by atoms with van der Waals surface area (Å²) in [5, 5.41) is 0. The molecule has 4 nitrogen and oxygen atoms in total. The zero-order chi connectivity index (χ0) is 10.1. The number of nitrogens with two attached hydrogens (primary N) is 1. The summed E-state index contributed by atoms with van der Waals surface area (Å²) >= 11 is 0. The molecule has 78 valence electrons. The minimum atomic E-state index is -3.07. The monoisotopic (exact) mass is 206 g/mol. The van der Waals surface area contributed by atoms with Crippen molar-refractivity contribution in [3.8, 4) is 0 Å². The van der Waals surface area contributed by atoms with Gasteiger partial charge in [-0.25, -0.2) is 8.42 Å². The Labute approximate surface area is 80.1 Å². The molecule has 2 atom stereocenters. The normalized spacial score (nSPS) is 31.9. The van der Waals surface area contributed by atoms with Crippen molar-refractivity contribution < 1.29 is 8.42 Å². The van der Waals surface area contributed by atoms with Crippen LogP contribution in [-0.2, 0) is 10.0 Å². The van der Waals surface area contributed by atoms with Crippen LogP contribution in [-0.4, -0.2) is 37.6 Å². The van der Waals surface area contributed by atoms with Gasteiger partial charge in [0.15, 0.2) is 0 Å². The van der Waals surface area contributed by atoms with Gasteiger partial charge in [0.25, 0.3) is 0 Å². The van der Waals surface area contributed by atoms with E-state index in [1.54, 1.807) is 4.31 Å². The molecule has 1 rings (SSSR count). The average molecular weight is 206 g/mol. The Morgan fingerprint density at radius 3 is 2.54 bits per heavy atom. The quantitative estimate of drug-likeness (QED) is 0.699. The van der Waals surface area contributed by atoms with Crippen LogP contribution in [0, 0.1) is 0 Å². The first-order valence-electron chi connectivity index (χ1n) is 4.67. The molecule has 0 radical (unpaired) electrons. The number of hydrogen-bond donors (Lipinski definition) is 1. The first kappa shape index (κ1) is 10.9. The third kappa shape index (κ3) is 2.65. The van der Waals surface area contributed by atoms with E-state index in [0.29, 0.717) is 6.54 Å². The smallest absolute Gasteiger partial charge is 0.211 e. The van der Waals surface area contributed by atoms with Crippen LogP contribution < -0.4 is 5.73 Å². The van der Waals surface area contributed by atoms with Crippen molar-refractivity contribution in [1.29, 1.82) is 0 Å². The van der Waals surface area contributed by atoms with Crippen molar-refractivity contribution in [2.75, 3.05) is 12.8 Å². The molecule has 1 fully saturated rings. The van der Waals surface area contributed by atoms with E-state index in [9.17, 15) is 8.42 Å². The lowest BCUT2D eigenvalue weighted by atomic mass is 10.00. The number of piperidine rings is 1. The maximum atomic E-state index is 11.4. The topological polar surface area (TPSA) is 63.4 Å². The van der Waals surface area contributed by atoms with Crippen molar-refractivity contribution in [3.05, 3.63) is 0 Å². The third-order valence-corrected chi connectivity index (χ3v) is 3.89. The molecule has 0 aromatic carbocycles. The fourth-order valence-electron chi connectivity index (χ4n) is 1.84. The van der Waals surface area contributed by atoms with E-state index in [1.165, 1.54) is 6.26 Å². The summed E-state index contributed by atoms with van der Waals surface area (Å²) in [6.07, 6.45) is 3.96. The highest BCUT2D eigenvalue weighted by atomic mass is 32.2. The lowest BCUT2D eigenvalue weighted by Gasteiger charge is -2.36. The van der Waals surface area contributed by atoms with Gasteiger partial charge < -0.3 is 5.73 Å². The van der Waals surface area contributed by atoms with E-state index in [-0.39, 0.29) is 12.1 Å². The Bertz CT molecular complexity index is 263. The van der Waals surface area contributed by atoms with Crippen molar-refractivity contribution in [1.82, 2.24) is 4.31 Å². The highest BCUT2D eigenvalue weighted by Crippen LogP contribution is 2.21. The Kier molecular flexibility index (Phi) is 3.32. The second-order valence-corrected chi connectivity index (χ2v) is 5.67. The van der Waals surface area contributed by atoms with E-state index in [0.717, 1.165) is 19.3 Å². The Morgan fingerprint density at radius 1 is 1.46 bits per heavy atom. The molecule has 0 spiro atoms. The molecule has 2 N–H and O–H groups in total. The first-order chi connectivity index (χ1) is 5.95. The van der Waals surface area contributed by atoms with E-state index in [1.807, 2.05) is 6.92 Å².